The van der Waals surface area contributed by atoms with Crippen molar-refractivity contribution < 1.29 is 0 Å². The number of pyridine rings is 1. The molecule has 0 fully saturated rings. The van der Waals surface area contributed by atoms with Gasteiger partial charge in [-0.15, -0.1) is 0 Å². The third kappa shape index (κ3) is 2.68. The fourth-order valence-corrected chi connectivity index (χ4v) is 2.45. The van der Waals surface area contributed by atoms with E-state index in [1.807, 2.05) is 24.3 Å². The molecular weight excluding hydrogens is 262 g/mol. The molecule has 5 heteroatoms. The van der Waals surface area contributed by atoms with Gasteiger partial charge in [0.15, 0.2) is 0 Å². The second kappa shape index (κ2) is 5.85. The van der Waals surface area contributed by atoms with Crippen molar-refractivity contribution in [1.82, 2.24) is 20.3 Å². The van der Waals surface area contributed by atoms with Gasteiger partial charge in [0, 0.05) is 24.2 Å². The molecular formula is C16H17N5. The largest absolute Gasteiger partial charge is 0.383 e. The molecule has 3 rings (SSSR count). The highest BCUT2D eigenvalue weighted by Gasteiger charge is 2.16. The molecule has 1 aromatic carbocycles. The van der Waals surface area contributed by atoms with Gasteiger partial charge < -0.3 is 11.1 Å². The predicted molar refractivity (Wildman–Crippen MR) is 83.7 cm³/mol. The number of aromatic nitrogens is 3. The fraction of sp³-hybridized carbons (Fsp3) is 0.188. The lowest BCUT2D eigenvalue weighted by atomic mass is 9.98. The molecule has 2 aromatic heterocycles. The van der Waals surface area contributed by atoms with Crippen LogP contribution in [0.4, 0.5) is 5.82 Å². The van der Waals surface area contributed by atoms with Gasteiger partial charge >= 0.3 is 0 Å². The second-order valence-electron chi connectivity index (χ2n) is 4.77. The zero-order valence-electron chi connectivity index (χ0n) is 11.8. The monoisotopic (exact) mass is 279 g/mol. The minimum absolute atomic E-state index is 0.00453. The number of benzene rings is 1. The molecule has 0 spiro atoms. The number of hydrogen-bond acceptors (Lipinski definition) is 5. The van der Waals surface area contributed by atoms with Gasteiger partial charge in [-0.3, -0.25) is 9.97 Å². The Morgan fingerprint density at radius 2 is 1.86 bits per heavy atom. The fourth-order valence-electron chi connectivity index (χ4n) is 2.45. The van der Waals surface area contributed by atoms with Crippen LogP contribution in [0.5, 0.6) is 0 Å². The zero-order chi connectivity index (χ0) is 14.7. The maximum Gasteiger partial charge on any atom is 0.128 e. The van der Waals surface area contributed by atoms with Crippen LogP contribution in [0, 0.1) is 0 Å². The van der Waals surface area contributed by atoms with E-state index >= 15 is 0 Å². The number of hydrogen-bond donors (Lipinski definition) is 2. The van der Waals surface area contributed by atoms with Crippen molar-refractivity contribution >= 4 is 16.9 Å². The molecule has 1 unspecified atom stereocenters. The molecule has 0 radical (unpaired) electrons. The van der Waals surface area contributed by atoms with E-state index < -0.39 is 0 Å². The average Bonchev–Trinajstić information content (AvgIpc) is 2.53. The van der Waals surface area contributed by atoms with E-state index in [1.165, 1.54) is 0 Å². The van der Waals surface area contributed by atoms with Gasteiger partial charge in [0.05, 0.1) is 17.1 Å². The van der Waals surface area contributed by atoms with Crippen molar-refractivity contribution in [3.05, 3.63) is 60.0 Å². The normalized spacial score (nSPS) is 12.4. The Bertz CT molecular complexity index is 756. The van der Waals surface area contributed by atoms with Gasteiger partial charge in [0.2, 0.25) is 0 Å². The van der Waals surface area contributed by atoms with Crippen LogP contribution in [0.3, 0.4) is 0 Å². The van der Waals surface area contributed by atoms with Gasteiger partial charge in [0.1, 0.15) is 5.82 Å². The minimum atomic E-state index is -0.00453. The van der Waals surface area contributed by atoms with Gasteiger partial charge in [0.25, 0.3) is 0 Å². The Morgan fingerprint density at radius 3 is 2.62 bits per heavy atom. The molecule has 0 bridgehead atoms. The van der Waals surface area contributed by atoms with Crippen LogP contribution in [-0.4, -0.2) is 21.5 Å². The molecule has 0 amide bonds. The molecule has 21 heavy (non-hydrogen) atoms. The molecule has 3 aromatic rings. The molecule has 0 saturated heterocycles. The third-order valence-electron chi connectivity index (χ3n) is 3.42. The van der Waals surface area contributed by atoms with E-state index in [9.17, 15) is 0 Å². The first kappa shape index (κ1) is 13.5. The number of nitrogens with one attached hydrogen (secondary N) is 1. The van der Waals surface area contributed by atoms with Crippen molar-refractivity contribution in [2.24, 2.45) is 0 Å². The first-order chi connectivity index (χ1) is 10.3. The second-order valence-corrected chi connectivity index (χ2v) is 4.77. The lowest BCUT2D eigenvalue weighted by molar-refractivity contribution is 0.631. The van der Waals surface area contributed by atoms with Crippen molar-refractivity contribution in [3.8, 4) is 0 Å². The van der Waals surface area contributed by atoms with Crippen molar-refractivity contribution in [2.75, 3.05) is 12.3 Å². The number of nitrogen functional groups attached to an aromatic ring is 1. The van der Waals surface area contributed by atoms with Crippen LogP contribution in [0.25, 0.3) is 11.0 Å². The Kier molecular flexibility index (Phi) is 3.75. The van der Waals surface area contributed by atoms with E-state index in [0.717, 1.165) is 28.7 Å². The quantitative estimate of drug-likeness (QED) is 0.766. The first-order valence-corrected chi connectivity index (χ1v) is 6.94. The van der Waals surface area contributed by atoms with Crippen LogP contribution in [0.1, 0.15) is 24.1 Å². The zero-order valence-corrected chi connectivity index (χ0v) is 11.8. The summed E-state index contributed by atoms with van der Waals surface area (Å²) in [5.41, 5.74) is 9.86. The summed E-state index contributed by atoms with van der Waals surface area (Å²) in [7, 11) is 0. The third-order valence-corrected chi connectivity index (χ3v) is 3.42. The highest BCUT2D eigenvalue weighted by atomic mass is 14.9. The van der Waals surface area contributed by atoms with Gasteiger partial charge in [-0.25, -0.2) is 4.98 Å². The molecule has 0 aliphatic rings. The summed E-state index contributed by atoms with van der Waals surface area (Å²) in [4.78, 5) is 12.8. The lowest BCUT2D eigenvalue weighted by Gasteiger charge is -2.20. The highest BCUT2D eigenvalue weighted by molar-refractivity contribution is 5.74. The predicted octanol–water partition coefficient (Wildman–Crippen LogP) is 2.31. The van der Waals surface area contributed by atoms with Crippen LogP contribution in [-0.2, 0) is 0 Å². The smallest absolute Gasteiger partial charge is 0.128 e. The molecule has 5 nitrogen and oxygen atoms in total. The maximum atomic E-state index is 6.02. The summed E-state index contributed by atoms with van der Waals surface area (Å²) in [6, 6.07) is 9.97. The van der Waals surface area contributed by atoms with E-state index in [-0.39, 0.29) is 6.04 Å². The van der Waals surface area contributed by atoms with E-state index in [1.54, 1.807) is 18.6 Å². The van der Waals surface area contributed by atoms with Crippen LogP contribution >= 0.6 is 0 Å². The number of anilines is 1. The Labute approximate surface area is 123 Å². The van der Waals surface area contributed by atoms with Crippen LogP contribution < -0.4 is 11.1 Å². The Morgan fingerprint density at radius 1 is 1.05 bits per heavy atom. The molecule has 2 heterocycles. The summed E-state index contributed by atoms with van der Waals surface area (Å²) in [5.74, 6) is 0.544. The molecule has 3 N–H and O–H groups in total. The molecule has 1 atom stereocenters. The Hall–Kier alpha value is -2.53. The topological polar surface area (TPSA) is 76.7 Å². The molecule has 0 saturated carbocycles. The molecule has 0 aliphatic carbocycles. The standard InChI is InChI=1S/C16H17N5/c1-2-18-15(12-4-3-7-21-16(12)17)11-5-6-13-14(10-11)20-9-8-19-13/h3-10,15,18H,2H2,1H3,(H2,17,21). The average molecular weight is 279 g/mol. The number of nitrogens with two attached hydrogens (primary N) is 1. The van der Waals surface area contributed by atoms with Gasteiger partial charge in [-0.05, 0) is 30.3 Å². The molecule has 106 valence electrons. The van der Waals surface area contributed by atoms with Gasteiger partial charge in [-0.1, -0.05) is 19.1 Å². The van der Waals surface area contributed by atoms with Crippen LogP contribution in [0.2, 0.25) is 0 Å². The first-order valence-electron chi connectivity index (χ1n) is 6.94. The van der Waals surface area contributed by atoms with Crippen LogP contribution in [0.15, 0.2) is 48.9 Å². The summed E-state index contributed by atoms with van der Waals surface area (Å²) >= 11 is 0. The summed E-state index contributed by atoms with van der Waals surface area (Å²) in [6.07, 6.45) is 5.10. The number of rotatable bonds is 4. The SMILES string of the molecule is CCNC(c1ccc2nccnc2c1)c1cccnc1N. The van der Waals surface area contributed by atoms with Crippen molar-refractivity contribution in [3.63, 3.8) is 0 Å². The van der Waals surface area contributed by atoms with E-state index in [0.29, 0.717) is 5.82 Å². The molecule has 0 aliphatic heterocycles. The highest BCUT2D eigenvalue weighted by Crippen LogP contribution is 2.26. The summed E-state index contributed by atoms with van der Waals surface area (Å²) in [5, 5.41) is 3.45. The summed E-state index contributed by atoms with van der Waals surface area (Å²) in [6.45, 7) is 2.90. The maximum absolute atomic E-state index is 6.02. The number of nitrogens with zero attached hydrogens (tertiary/aromatic N) is 3. The van der Waals surface area contributed by atoms with E-state index in [4.69, 9.17) is 5.73 Å². The van der Waals surface area contributed by atoms with E-state index in [2.05, 4.69) is 33.3 Å². The Balaban J connectivity index is 2.09. The lowest BCUT2D eigenvalue weighted by Crippen LogP contribution is -2.23. The summed E-state index contributed by atoms with van der Waals surface area (Å²) < 4.78 is 0. The van der Waals surface area contributed by atoms with Gasteiger partial charge in [-0.2, -0.15) is 0 Å². The van der Waals surface area contributed by atoms with Crippen molar-refractivity contribution in [2.45, 2.75) is 13.0 Å². The minimum Gasteiger partial charge on any atom is -0.383 e. The number of fused-ring (bicyclic) bond motifs is 1. The van der Waals surface area contributed by atoms with Crippen molar-refractivity contribution in [1.29, 1.82) is 0 Å².